The first-order valence-corrected chi connectivity index (χ1v) is 13.4. The van der Waals surface area contributed by atoms with Gasteiger partial charge in [-0.25, -0.2) is 14.8 Å². The highest BCUT2D eigenvalue weighted by atomic mass is 32.2. The molecule has 0 radical (unpaired) electrons. The average Bonchev–Trinajstić information content (AvgIpc) is 3.58. The zero-order valence-electron chi connectivity index (χ0n) is 19.2. The number of hydrogen-bond donors (Lipinski definition) is 2. The highest BCUT2D eigenvalue weighted by Gasteiger charge is 2.27. The third-order valence-corrected chi connectivity index (χ3v) is 8.13. The number of carbonyl (C=O) groups is 2. The Morgan fingerprint density at radius 2 is 1.89 bits per heavy atom. The largest absolute Gasteiger partial charge is 0.378 e. The Morgan fingerprint density at radius 3 is 2.66 bits per heavy atom. The quantitative estimate of drug-likeness (QED) is 0.404. The van der Waals surface area contributed by atoms with Crippen molar-refractivity contribution in [3.8, 4) is 0 Å². The molecule has 0 spiro atoms. The van der Waals surface area contributed by atoms with Crippen LogP contribution in [0.2, 0.25) is 0 Å². The maximum absolute atomic E-state index is 13.4. The summed E-state index contributed by atoms with van der Waals surface area (Å²) in [5.41, 5.74) is 2.08. The molecule has 10 heteroatoms. The Balaban J connectivity index is 1.30. The lowest BCUT2D eigenvalue weighted by Crippen LogP contribution is -2.36. The SMILES string of the molecule is O=C(Nc1ncc(Sc2ccccn2)s1)Nc1ccc(N2CCOCC2)cc1C(=O)C1CCCC1. The third-order valence-electron chi connectivity index (χ3n) is 6.17. The summed E-state index contributed by atoms with van der Waals surface area (Å²) in [6, 6.07) is 11.0. The molecule has 0 bridgehead atoms. The minimum absolute atomic E-state index is 0.0173. The standard InChI is InChI=1S/C25H27N5O3S2/c31-23(17-5-1-2-6-17)19-15-18(30-11-13-33-14-12-30)8-9-20(19)28-24(32)29-25-27-16-22(35-25)34-21-7-3-4-10-26-21/h3-4,7-10,15-17H,1-2,5-6,11-14H2,(H2,27,28,29,32). The smallest absolute Gasteiger partial charge is 0.325 e. The highest BCUT2D eigenvalue weighted by Crippen LogP contribution is 2.34. The van der Waals surface area contributed by atoms with Crippen LogP contribution >= 0.6 is 23.1 Å². The van der Waals surface area contributed by atoms with E-state index in [-0.39, 0.29) is 11.7 Å². The Labute approximate surface area is 212 Å². The molecule has 35 heavy (non-hydrogen) atoms. The Bertz CT molecular complexity index is 1170. The van der Waals surface area contributed by atoms with E-state index in [0.29, 0.717) is 29.6 Å². The van der Waals surface area contributed by atoms with Gasteiger partial charge in [0.25, 0.3) is 0 Å². The molecule has 2 amide bonds. The molecule has 2 aliphatic rings. The van der Waals surface area contributed by atoms with E-state index in [9.17, 15) is 9.59 Å². The van der Waals surface area contributed by atoms with E-state index in [2.05, 4.69) is 25.5 Å². The van der Waals surface area contributed by atoms with Gasteiger partial charge in [-0.2, -0.15) is 0 Å². The third kappa shape index (κ3) is 6.01. The summed E-state index contributed by atoms with van der Waals surface area (Å²) in [6.45, 7) is 2.91. The van der Waals surface area contributed by atoms with Crippen molar-refractivity contribution >= 4 is 51.4 Å². The number of carbonyl (C=O) groups excluding carboxylic acids is 2. The second-order valence-corrected chi connectivity index (χ2v) is 10.9. The van der Waals surface area contributed by atoms with Gasteiger partial charge in [-0.15, -0.1) is 0 Å². The van der Waals surface area contributed by atoms with Crippen LogP contribution in [0.1, 0.15) is 36.0 Å². The number of rotatable bonds is 7. The van der Waals surface area contributed by atoms with Gasteiger partial charge in [0, 0.05) is 36.5 Å². The average molecular weight is 510 g/mol. The lowest BCUT2D eigenvalue weighted by atomic mass is 9.94. The van der Waals surface area contributed by atoms with Crippen LogP contribution in [0.4, 0.5) is 21.3 Å². The van der Waals surface area contributed by atoms with Gasteiger partial charge in [0.15, 0.2) is 10.9 Å². The summed E-state index contributed by atoms with van der Waals surface area (Å²) >= 11 is 2.86. The molecule has 2 fully saturated rings. The van der Waals surface area contributed by atoms with Gasteiger partial charge in [-0.05, 0) is 43.2 Å². The first-order valence-electron chi connectivity index (χ1n) is 11.8. The second-order valence-electron chi connectivity index (χ2n) is 8.51. The fraction of sp³-hybridized carbons (Fsp3) is 0.360. The molecule has 2 N–H and O–H groups in total. The van der Waals surface area contributed by atoms with Gasteiger partial charge in [-0.1, -0.05) is 42.0 Å². The van der Waals surface area contributed by atoms with Crippen molar-refractivity contribution in [1.29, 1.82) is 0 Å². The van der Waals surface area contributed by atoms with Crippen molar-refractivity contribution in [3.63, 3.8) is 0 Å². The van der Waals surface area contributed by atoms with Gasteiger partial charge in [-0.3, -0.25) is 10.1 Å². The van der Waals surface area contributed by atoms with Crippen LogP contribution in [0.15, 0.2) is 58.0 Å². The number of nitrogens with one attached hydrogen (secondary N) is 2. The molecule has 1 aliphatic carbocycles. The van der Waals surface area contributed by atoms with E-state index in [1.165, 1.54) is 23.1 Å². The molecule has 2 aromatic heterocycles. The molecule has 182 valence electrons. The van der Waals surface area contributed by atoms with Crippen LogP contribution in [0.5, 0.6) is 0 Å². The Kier molecular flexibility index (Phi) is 7.60. The Hall–Kier alpha value is -2.95. The summed E-state index contributed by atoms with van der Waals surface area (Å²) < 4.78 is 6.39. The van der Waals surface area contributed by atoms with Crippen LogP contribution in [0, 0.1) is 5.92 Å². The number of aromatic nitrogens is 2. The molecule has 0 atom stereocenters. The molecule has 1 aromatic carbocycles. The lowest BCUT2D eigenvalue weighted by Gasteiger charge is -2.29. The summed E-state index contributed by atoms with van der Waals surface area (Å²) in [5, 5.41) is 7.03. The van der Waals surface area contributed by atoms with Crippen LogP contribution in [0.25, 0.3) is 0 Å². The molecular weight excluding hydrogens is 482 g/mol. The van der Waals surface area contributed by atoms with E-state index in [4.69, 9.17) is 4.74 Å². The molecule has 1 aliphatic heterocycles. The first-order chi connectivity index (χ1) is 17.2. The summed E-state index contributed by atoms with van der Waals surface area (Å²) in [7, 11) is 0. The number of anilines is 3. The van der Waals surface area contributed by atoms with Crippen LogP contribution < -0.4 is 15.5 Å². The number of Topliss-reactive ketones (excluding diaryl/α,β-unsaturated/α-hetero) is 1. The predicted octanol–water partition coefficient (Wildman–Crippen LogP) is 5.54. The molecule has 1 saturated heterocycles. The van der Waals surface area contributed by atoms with Gasteiger partial charge in [0.05, 0.1) is 29.3 Å². The van der Waals surface area contributed by atoms with Gasteiger partial charge in [0.2, 0.25) is 0 Å². The minimum Gasteiger partial charge on any atom is -0.378 e. The van der Waals surface area contributed by atoms with Crippen LogP contribution in [0.3, 0.4) is 0 Å². The molecule has 3 heterocycles. The van der Waals surface area contributed by atoms with Crippen molar-refractivity contribution < 1.29 is 14.3 Å². The number of pyridine rings is 1. The number of hydrogen-bond acceptors (Lipinski definition) is 8. The monoisotopic (exact) mass is 509 g/mol. The van der Waals surface area contributed by atoms with E-state index < -0.39 is 6.03 Å². The first kappa shape index (κ1) is 23.8. The van der Waals surface area contributed by atoms with Crippen molar-refractivity contribution in [2.45, 2.75) is 34.9 Å². The Morgan fingerprint density at radius 1 is 1.06 bits per heavy atom. The van der Waals surface area contributed by atoms with Crippen LogP contribution in [-0.2, 0) is 4.74 Å². The van der Waals surface area contributed by atoms with Crippen molar-refractivity contribution in [2.24, 2.45) is 5.92 Å². The number of morpholine rings is 1. The van der Waals surface area contributed by atoms with Crippen molar-refractivity contribution in [1.82, 2.24) is 9.97 Å². The van der Waals surface area contributed by atoms with Crippen molar-refractivity contribution in [3.05, 3.63) is 54.4 Å². The number of ether oxygens (including phenoxy) is 1. The zero-order chi connectivity index (χ0) is 24.0. The topological polar surface area (TPSA) is 96.4 Å². The number of benzene rings is 1. The van der Waals surface area contributed by atoms with E-state index in [1.807, 2.05) is 36.4 Å². The zero-order valence-corrected chi connectivity index (χ0v) is 20.9. The van der Waals surface area contributed by atoms with E-state index >= 15 is 0 Å². The van der Waals surface area contributed by atoms with E-state index in [0.717, 1.165) is 53.7 Å². The van der Waals surface area contributed by atoms with Gasteiger partial charge < -0.3 is 15.0 Å². The summed E-state index contributed by atoms with van der Waals surface area (Å²) in [6.07, 6.45) is 7.41. The summed E-state index contributed by atoms with van der Waals surface area (Å²) in [4.78, 5) is 37.0. The van der Waals surface area contributed by atoms with Gasteiger partial charge in [0.1, 0.15) is 5.03 Å². The molecular formula is C25H27N5O3S2. The number of amides is 2. The number of nitrogens with zero attached hydrogens (tertiary/aromatic N) is 3. The molecule has 1 saturated carbocycles. The number of urea groups is 1. The van der Waals surface area contributed by atoms with Crippen molar-refractivity contribution in [2.75, 3.05) is 41.8 Å². The number of thiazole rings is 1. The van der Waals surface area contributed by atoms with E-state index in [1.54, 1.807) is 12.4 Å². The predicted molar refractivity (Wildman–Crippen MR) is 139 cm³/mol. The summed E-state index contributed by atoms with van der Waals surface area (Å²) in [5.74, 6) is 0.125. The maximum Gasteiger partial charge on any atom is 0.325 e. The highest BCUT2D eigenvalue weighted by molar-refractivity contribution is 8.01. The maximum atomic E-state index is 13.4. The molecule has 5 rings (SSSR count). The fourth-order valence-electron chi connectivity index (χ4n) is 4.40. The lowest BCUT2D eigenvalue weighted by molar-refractivity contribution is 0.0923. The normalized spacial score (nSPS) is 16.3. The number of ketones is 1. The second kappa shape index (κ2) is 11.2. The van der Waals surface area contributed by atoms with Crippen LogP contribution in [-0.4, -0.2) is 48.1 Å². The minimum atomic E-state index is -0.423. The van der Waals surface area contributed by atoms with Gasteiger partial charge >= 0.3 is 6.03 Å². The fourth-order valence-corrected chi connectivity index (χ4v) is 6.17. The molecule has 8 nitrogen and oxygen atoms in total. The molecule has 0 unspecified atom stereocenters. The molecule has 3 aromatic rings.